The van der Waals surface area contributed by atoms with Gasteiger partial charge in [0, 0.05) is 5.56 Å². The number of nitrogens with zero attached hydrogens (tertiary/aromatic N) is 1. The number of hydrogen-bond acceptors (Lipinski definition) is 4. The van der Waals surface area contributed by atoms with Crippen LogP contribution in [0.4, 0.5) is 0 Å². The second-order valence-electron chi connectivity index (χ2n) is 4.48. The van der Waals surface area contributed by atoms with E-state index in [9.17, 15) is 9.90 Å². The standard InChI is InChI=1S/C13H15NO3/c1-8-6-10(17-3)12(16)11(9(8)2)13(4-5-13)14-7-15/h6,16H,4-5H2,1-3H3. The summed E-state index contributed by atoms with van der Waals surface area (Å²) in [6.45, 7) is 3.87. The molecule has 1 aliphatic carbocycles. The highest BCUT2D eigenvalue weighted by Gasteiger charge is 2.48. The molecule has 0 heterocycles. The van der Waals surface area contributed by atoms with Crippen molar-refractivity contribution in [3.05, 3.63) is 22.8 Å². The number of aliphatic imine (C=N–C) groups is 1. The van der Waals surface area contributed by atoms with Crippen molar-refractivity contribution in [1.29, 1.82) is 0 Å². The lowest BCUT2D eigenvalue weighted by Crippen LogP contribution is -2.07. The minimum Gasteiger partial charge on any atom is -0.504 e. The molecular formula is C13H15NO3. The predicted octanol–water partition coefficient (Wildman–Crippen LogP) is 2.34. The van der Waals surface area contributed by atoms with Crippen LogP contribution >= 0.6 is 0 Å². The van der Waals surface area contributed by atoms with Gasteiger partial charge >= 0.3 is 0 Å². The second kappa shape index (κ2) is 3.90. The highest BCUT2D eigenvalue weighted by molar-refractivity contribution is 5.58. The molecule has 1 aromatic carbocycles. The van der Waals surface area contributed by atoms with Crippen LogP contribution in [0.2, 0.25) is 0 Å². The molecule has 90 valence electrons. The van der Waals surface area contributed by atoms with Crippen molar-refractivity contribution in [3.63, 3.8) is 0 Å². The largest absolute Gasteiger partial charge is 0.504 e. The van der Waals surface area contributed by atoms with E-state index < -0.39 is 5.54 Å². The van der Waals surface area contributed by atoms with Crippen molar-refractivity contribution in [1.82, 2.24) is 0 Å². The Morgan fingerprint density at radius 1 is 1.47 bits per heavy atom. The molecule has 0 spiro atoms. The molecule has 0 aromatic heterocycles. The molecule has 1 aromatic rings. The van der Waals surface area contributed by atoms with Crippen LogP contribution in [0.3, 0.4) is 0 Å². The topological polar surface area (TPSA) is 58.9 Å². The summed E-state index contributed by atoms with van der Waals surface area (Å²) in [6.07, 6.45) is 3.14. The minimum absolute atomic E-state index is 0.0899. The maximum Gasteiger partial charge on any atom is 0.235 e. The van der Waals surface area contributed by atoms with Gasteiger partial charge in [-0.15, -0.1) is 0 Å². The van der Waals surface area contributed by atoms with Crippen LogP contribution in [0.5, 0.6) is 11.5 Å². The van der Waals surface area contributed by atoms with Crippen LogP contribution in [0, 0.1) is 13.8 Å². The Morgan fingerprint density at radius 2 is 2.12 bits per heavy atom. The van der Waals surface area contributed by atoms with Gasteiger partial charge in [0.05, 0.1) is 7.11 Å². The highest BCUT2D eigenvalue weighted by atomic mass is 16.5. The van der Waals surface area contributed by atoms with Crippen LogP contribution < -0.4 is 4.74 Å². The number of hydrogen-bond donors (Lipinski definition) is 1. The number of isocyanates is 1. The van der Waals surface area contributed by atoms with Crippen molar-refractivity contribution in [2.45, 2.75) is 32.2 Å². The lowest BCUT2D eigenvalue weighted by Gasteiger charge is -2.18. The van der Waals surface area contributed by atoms with E-state index in [1.54, 1.807) is 12.1 Å². The van der Waals surface area contributed by atoms with Gasteiger partial charge < -0.3 is 9.84 Å². The zero-order valence-corrected chi connectivity index (χ0v) is 10.2. The maximum absolute atomic E-state index is 10.5. The summed E-state index contributed by atoms with van der Waals surface area (Å²) in [6, 6.07) is 1.79. The number of rotatable bonds is 3. The van der Waals surface area contributed by atoms with E-state index in [2.05, 4.69) is 4.99 Å². The SMILES string of the molecule is COc1cc(C)c(C)c(C2(N=C=O)CC2)c1O. The van der Waals surface area contributed by atoms with E-state index in [1.165, 1.54) is 7.11 Å². The van der Waals surface area contributed by atoms with Gasteiger partial charge in [0.1, 0.15) is 5.54 Å². The maximum atomic E-state index is 10.5. The van der Waals surface area contributed by atoms with Gasteiger partial charge in [-0.25, -0.2) is 4.79 Å². The molecule has 0 radical (unpaired) electrons. The summed E-state index contributed by atoms with van der Waals surface area (Å²) in [5.74, 6) is 0.516. The van der Waals surface area contributed by atoms with E-state index in [1.807, 2.05) is 13.8 Å². The van der Waals surface area contributed by atoms with Gasteiger partial charge in [-0.05, 0) is 43.9 Å². The van der Waals surface area contributed by atoms with E-state index in [0.29, 0.717) is 11.3 Å². The number of phenolic OH excluding ortho intramolecular Hbond substituents is 1. The zero-order valence-electron chi connectivity index (χ0n) is 10.2. The third-order valence-electron chi connectivity index (χ3n) is 3.45. The van der Waals surface area contributed by atoms with Crippen molar-refractivity contribution < 1.29 is 14.6 Å². The summed E-state index contributed by atoms with van der Waals surface area (Å²) in [5, 5.41) is 10.2. The number of aromatic hydroxyl groups is 1. The predicted molar refractivity (Wildman–Crippen MR) is 63.2 cm³/mol. The molecule has 0 aliphatic heterocycles. The molecule has 17 heavy (non-hydrogen) atoms. The fraction of sp³-hybridized carbons (Fsp3) is 0.462. The molecular weight excluding hydrogens is 218 g/mol. The first-order valence-corrected chi connectivity index (χ1v) is 5.52. The molecule has 4 nitrogen and oxygen atoms in total. The molecule has 2 rings (SSSR count). The average Bonchev–Trinajstić information content (AvgIpc) is 3.05. The summed E-state index contributed by atoms with van der Waals surface area (Å²) >= 11 is 0. The number of phenols is 1. The lowest BCUT2D eigenvalue weighted by atomic mass is 9.94. The molecule has 0 bridgehead atoms. The smallest absolute Gasteiger partial charge is 0.235 e. The van der Waals surface area contributed by atoms with E-state index in [-0.39, 0.29) is 5.75 Å². The van der Waals surface area contributed by atoms with Gasteiger partial charge in [-0.2, -0.15) is 4.99 Å². The second-order valence-corrected chi connectivity index (χ2v) is 4.48. The van der Waals surface area contributed by atoms with E-state index >= 15 is 0 Å². The fourth-order valence-electron chi connectivity index (χ4n) is 2.22. The third-order valence-corrected chi connectivity index (χ3v) is 3.45. The van der Waals surface area contributed by atoms with Crippen LogP contribution in [0.15, 0.2) is 11.1 Å². The van der Waals surface area contributed by atoms with Crippen LogP contribution in [0.25, 0.3) is 0 Å². The summed E-state index contributed by atoms with van der Waals surface area (Å²) < 4.78 is 5.13. The van der Waals surface area contributed by atoms with Gasteiger partial charge in [0.15, 0.2) is 11.5 Å². The van der Waals surface area contributed by atoms with Gasteiger partial charge in [-0.3, -0.25) is 0 Å². The van der Waals surface area contributed by atoms with Crippen molar-refractivity contribution in [2.24, 2.45) is 4.99 Å². The molecule has 0 unspecified atom stereocenters. The Balaban J connectivity index is 2.68. The summed E-state index contributed by atoms with van der Waals surface area (Å²) in [5.41, 5.74) is 2.11. The van der Waals surface area contributed by atoms with Crippen molar-refractivity contribution in [2.75, 3.05) is 7.11 Å². The first-order chi connectivity index (χ1) is 8.05. The van der Waals surface area contributed by atoms with Crippen LogP contribution in [-0.4, -0.2) is 18.3 Å². The van der Waals surface area contributed by atoms with Gasteiger partial charge in [-0.1, -0.05) is 0 Å². The normalized spacial score (nSPS) is 16.2. The average molecular weight is 233 g/mol. The Kier molecular flexibility index (Phi) is 2.68. The van der Waals surface area contributed by atoms with Crippen LogP contribution in [-0.2, 0) is 10.3 Å². The molecule has 0 atom stereocenters. The van der Waals surface area contributed by atoms with Gasteiger partial charge in [0.2, 0.25) is 6.08 Å². The van der Waals surface area contributed by atoms with Crippen molar-refractivity contribution >= 4 is 6.08 Å². The molecule has 1 N–H and O–H groups in total. The lowest BCUT2D eigenvalue weighted by molar-refractivity contribution is 0.367. The number of benzene rings is 1. The first kappa shape index (κ1) is 11.7. The number of ether oxygens (including phenoxy) is 1. The molecule has 4 heteroatoms. The minimum atomic E-state index is -0.574. The Bertz CT molecular complexity index is 512. The summed E-state index contributed by atoms with van der Waals surface area (Å²) in [4.78, 5) is 14.3. The quantitative estimate of drug-likeness (QED) is 0.644. The Hall–Kier alpha value is -1.80. The number of carbonyl (C=O) groups excluding carboxylic acids is 1. The third kappa shape index (κ3) is 1.71. The van der Waals surface area contributed by atoms with Gasteiger partial charge in [0.25, 0.3) is 0 Å². The molecule has 1 saturated carbocycles. The van der Waals surface area contributed by atoms with E-state index in [4.69, 9.17) is 4.74 Å². The van der Waals surface area contributed by atoms with Crippen molar-refractivity contribution in [3.8, 4) is 11.5 Å². The molecule has 0 amide bonds. The zero-order chi connectivity index (χ0) is 12.6. The number of aryl methyl sites for hydroxylation is 1. The summed E-state index contributed by atoms with van der Waals surface area (Å²) in [7, 11) is 1.51. The number of methoxy groups -OCH3 is 1. The molecule has 1 fully saturated rings. The first-order valence-electron chi connectivity index (χ1n) is 5.52. The monoisotopic (exact) mass is 233 g/mol. The Labute approximate surface area is 99.9 Å². The Morgan fingerprint density at radius 3 is 2.59 bits per heavy atom. The highest BCUT2D eigenvalue weighted by Crippen LogP contribution is 2.55. The molecule has 1 aliphatic rings. The molecule has 0 saturated heterocycles. The van der Waals surface area contributed by atoms with E-state index in [0.717, 1.165) is 24.0 Å². The van der Waals surface area contributed by atoms with Crippen LogP contribution in [0.1, 0.15) is 29.5 Å². The fourth-order valence-corrected chi connectivity index (χ4v) is 2.22.